The third kappa shape index (κ3) is 2.37. The first-order valence-electron chi connectivity index (χ1n) is 4.22. The van der Waals surface area contributed by atoms with Crippen molar-refractivity contribution in [2.45, 2.75) is 13.8 Å². The molecule has 14 heavy (non-hydrogen) atoms. The van der Waals surface area contributed by atoms with Gasteiger partial charge in [0.1, 0.15) is 5.75 Å². The van der Waals surface area contributed by atoms with Crippen molar-refractivity contribution < 1.29 is 14.6 Å². The van der Waals surface area contributed by atoms with E-state index in [9.17, 15) is 9.90 Å². The van der Waals surface area contributed by atoms with E-state index in [1.54, 1.807) is 13.0 Å². The van der Waals surface area contributed by atoms with Gasteiger partial charge in [0.15, 0.2) is 0 Å². The van der Waals surface area contributed by atoms with Crippen molar-refractivity contribution >= 4 is 28.6 Å². The summed E-state index contributed by atoms with van der Waals surface area (Å²) in [5.74, 6) is -0.304. The van der Waals surface area contributed by atoms with Crippen LogP contribution in [0.3, 0.4) is 0 Å². The molecule has 1 aromatic rings. The van der Waals surface area contributed by atoms with E-state index in [4.69, 9.17) is 4.74 Å². The Morgan fingerprint density at radius 3 is 2.79 bits per heavy atom. The van der Waals surface area contributed by atoms with Crippen LogP contribution < -0.4 is 0 Å². The van der Waals surface area contributed by atoms with Crippen LogP contribution in [0.25, 0.3) is 0 Å². The second-order valence-corrected chi connectivity index (χ2v) is 3.98. The molecule has 3 nitrogen and oxygen atoms in total. The minimum absolute atomic E-state index is 0.0862. The number of rotatable bonds is 2. The third-order valence-corrected chi connectivity index (χ3v) is 2.94. The summed E-state index contributed by atoms with van der Waals surface area (Å²) in [5.41, 5.74) is 1.26. The fourth-order valence-corrected chi connectivity index (χ4v) is 1.70. The molecule has 0 aromatic heterocycles. The lowest BCUT2D eigenvalue weighted by molar-refractivity contribution is 0.0525. The molecule has 0 amide bonds. The summed E-state index contributed by atoms with van der Waals surface area (Å²) >= 11 is 2.07. The fraction of sp³-hybridized carbons (Fsp3) is 0.300. The Bertz CT molecular complexity index is 361. The van der Waals surface area contributed by atoms with Gasteiger partial charge in [-0.05, 0) is 54.1 Å². The van der Waals surface area contributed by atoms with E-state index in [-0.39, 0.29) is 11.7 Å². The standard InChI is InChI=1S/C10H11IO3/c1-3-14-10(13)8-4-7(12)5-9(11)6(8)2/h4-5,12H,3H2,1-2H3. The van der Waals surface area contributed by atoms with Crippen LogP contribution in [0.4, 0.5) is 0 Å². The van der Waals surface area contributed by atoms with Gasteiger partial charge in [-0.15, -0.1) is 0 Å². The van der Waals surface area contributed by atoms with Crippen molar-refractivity contribution in [3.63, 3.8) is 0 Å². The fourth-order valence-electron chi connectivity index (χ4n) is 1.09. The second kappa shape index (κ2) is 4.63. The zero-order valence-electron chi connectivity index (χ0n) is 8.00. The van der Waals surface area contributed by atoms with Crippen LogP contribution in [0.1, 0.15) is 22.8 Å². The van der Waals surface area contributed by atoms with Crippen LogP contribution in [0.2, 0.25) is 0 Å². The molecule has 1 rings (SSSR count). The summed E-state index contributed by atoms with van der Waals surface area (Å²) in [6.07, 6.45) is 0. The summed E-state index contributed by atoms with van der Waals surface area (Å²) in [6, 6.07) is 3.04. The summed E-state index contributed by atoms with van der Waals surface area (Å²) in [4.78, 5) is 11.4. The van der Waals surface area contributed by atoms with E-state index in [2.05, 4.69) is 22.6 Å². The Morgan fingerprint density at radius 2 is 2.21 bits per heavy atom. The zero-order valence-corrected chi connectivity index (χ0v) is 10.2. The number of aromatic hydroxyl groups is 1. The third-order valence-electron chi connectivity index (χ3n) is 1.82. The molecule has 0 spiro atoms. The van der Waals surface area contributed by atoms with Gasteiger partial charge >= 0.3 is 5.97 Å². The molecule has 0 fully saturated rings. The number of phenols is 1. The summed E-state index contributed by atoms with van der Waals surface area (Å²) in [7, 11) is 0. The molecule has 0 radical (unpaired) electrons. The SMILES string of the molecule is CCOC(=O)c1cc(O)cc(I)c1C. The van der Waals surface area contributed by atoms with Crippen molar-refractivity contribution in [2.24, 2.45) is 0 Å². The quantitative estimate of drug-likeness (QED) is 0.674. The van der Waals surface area contributed by atoms with Crippen LogP contribution in [0, 0.1) is 10.5 Å². The van der Waals surface area contributed by atoms with E-state index in [1.165, 1.54) is 6.07 Å². The van der Waals surface area contributed by atoms with E-state index in [1.807, 2.05) is 6.92 Å². The highest BCUT2D eigenvalue weighted by Crippen LogP contribution is 2.23. The predicted octanol–water partition coefficient (Wildman–Crippen LogP) is 2.48. The number of hydrogen-bond acceptors (Lipinski definition) is 3. The number of esters is 1. The van der Waals surface area contributed by atoms with Crippen molar-refractivity contribution in [3.8, 4) is 5.75 Å². The number of halogens is 1. The monoisotopic (exact) mass is 306 g/mol. The average Bonchev–Trinajstić information content (AvgIpc) is 2.11. The maximum Gasteiger partial charge on any atom is 0.338 e. The van der Waals surface area contributed by atoms with Crippen LogP contribution in [0.15, 0.2) is 12.1 Å². The normalized spacial score (nSPS) is 9.93. The number of carbonyl (C=O) groups is 1. The lowest BCUT2D eigenvalue weighted by Crippen LogP contribution is -2.07. The molecular formula is C10H11IO3. The van der Waals surface area contributed by atoms with Crippen LogP contribution >= 0.6 is 22.6 Å². The lowest BCUT2D eigenvalue weighted by Gasteiger charge is -2.07. The van der Waals surface area contributed by atoms with Crippen LogP contribution in [-0.2, 0) is 4.74 Å². The Kier molecular flexibility index (Phi) is 3.74. The lowest BCUT2D eigenvalue weighted by atomic mass is 10.1. The minimum atomic E-state index is -0.390. The van der Waals surface area contributed by atoms with Gasteiger partial charge in [0.25, 0.3) is 0 Å². The van der Waals surface area contributed by atoms with Crippen molar-refractivity contribution in [2.75, 3.05) is 6.61 Å². The Morgan fingerprint density at radius 1 is 1.57 bits per heavy atom. The molecule has 0 unspecified atom stereocenters. The van der Waals surface area contributed by atoms with E-state index in [0.717, 1.165) is 9.13 Å². The topological polar surface area (TPSA) is 46.5 Å². The highest BCUT2D eigenvalue weighted by atomic mass is 127. The first kappa shape index (κ1) is 11.3. The zero-order chi connectivity index (χ0) is 10.7. The number of carbonyl (C=O) groups excluding carboxylic acids is 1. The molecule has 0 aliphatic carbocycles. The van der Waals surface area contributed by atoms with Gasteiger partial charge in [0.05, 0.1) is 12.2 Å². The Balaban J connectivity index is 3.13. The highest BCUT2D eigenvalue weighted by molar-refractivity contribution is 14.1. The molecule has 4 heteroatoms. The van der Waals surface area contributed by atoms with Gasteiger partial charge in [0, 0.05) is 3.57 Å². The molecular weight excluding hydrogens is 295 g/mol. The number of hydrogen-bond donors (Lipinski definition) is 1. The molecule has 0 aliphatic heterocycles. The highest BCUT2D eigenvalue weighted by Gasteiger charge is 2.13. The van der Waals surface area contributed by atoms with Crippen LogP contribution in [-0.4, -0.2) is 17.7 Å². The molecule has 0 atom stereocenters. The molecule has 0 saturated heterocycles. The van der Waals surface area contributed by atoms with Crippen LogP contribution in [0.5, 0.6) is 5.75 Å². The van der Waals surface area contributed by atoms with Gasteiger partial charge in [-0.2, -0.15) is 0 Å². The summed E-state index contributed by atoms with van der Waals surface area (Å²) in [5, 5.41) is 9.32. The molecule has 1 aromatic carbocycles. The molecule has 0 saturated carbocycles. The molecule has 1 N–H and O–H groups in total. The molecule has 0 aliphatic rings. The summed E-state index contributed by atoms with van der Waals surface area (Å²) in [6.45, 7) is 3.92. The maximum atomic E-state index is 11.4. The van der Waals surface area contributed by atoms with Gasteiger partial charge in [0.2, 0.25) is 0 Å². The van der Waals surface area contributed by atoms with Gasteiger partial charge < -0.3 is 9.84 Å². The molecule has 76 valence electrons. The first-order valence-corrected chi connectivity index (χ1v) is 5.30. The molecule has 0 heterocycles. The van der Waals surface area contributed by atoms with E-state index in [0.29, 0.717) is 12.2 Å². The number of ether oxygens (including phenoxy) is 1. The second-order valence-electron chi connectivity index (χ2n) is 2.82. The molecule has 0 bridgehead atoms. The summed E-state index contributed by atoms with van der Waals surface area (Å²) < 4.78 is 5.72. The van der Waals surface area contributed by atoms with Crippen molar-refractivity contribution in [3.05, 3.63) is 26.8 Å². The average molecular weight is 306 g/mol. The first-order chi connectivity index (χ1) is 6.56. The largest absolute Gasteiger partial charge is 0.508 e. The Labute approximate surface area is 96.2 Å². The minimum Gasteiger partial charge on any atom is -0.508 e. The van der Waals surface area contributed by atoms with E-state index >= 15 is 0 Å². The van der Waals surface area contributed by atoms with Gasteiger partial charge in [-0.1, -0.05) is 0 Å². The van der Waals surface area contributed by atoms with Crippen molar-refractivity contribution in [1.82, 2.24) is 0 Å². The number of phenolic OH excluding ortho intramolecular Hbond substituents is 1. The Hall–Kier alpha value is -0.780. The van der Waals surface area contributed by atoms with Gasteiger partial charge in [-0.25, -0.2) is 4.79 Å². The number of benzene rings is 1. The van der Waals surface area contributed by atoms with Crippen molar-refractivity contribution in [1.29, 1.82) is 0 Å². The maximum absolute atomic E-state index is 11.4. The smallest absolute Gasteiger partial charge is 0.338 e. The van der Waals surface area contributed by atoms with E-state index < -0.39 is 0 Å². The predicted molar refractivity (Wildman–Crippen MR) is 61.5 cm³/mol. The van der Waals surface area contributed by atoms with Gasteiger partial charge in [-0.3, -0.25) is 0 Å².